The summed E-state index contributed by atoms with van der Waals surface area (Å²) in [4.78, 5) is 4.33. The van der Waals surface area contributed by atoms with Crippen molar-refractivity contribution in [3.05, 3.63) is 35.4 Å². The van der Waals surface area contributed by atoms with Crippen LogP contribution >= 0.6 is 11.8 Å². The van der Waals surface area contributed by atoms with Gasteiger partial charge in [-0.1, -0.05) is 12.1 Å². The molecular weight excluding hydrogens is 398 g/mol. The van der Waals surface area contributed by atoms with Gasteiger partial charge in [0.15, 0.2) is 0 Å². The maximum atomic E-state index is 9.84. The smallest absolute Gasteiger partial charge is 0.143 e. The number of nitrogens with two attached hydrogens (primary N) is 1. The second-order valence-corrected chi connectivity index (χ2v) is 8.44. The van der Waals surface area contributed by atoms with Gasteiger partial charge in [-0.3, -0.25) is 0 Å². The number of hydrogen-bond acceptors (Lipinski definition) is 8. The summed E-state index contributed by atoms with van der Waals surface area (Å²) in [5.74, 6) is 2.11. The van der Waals surface area contributed by atoms with E-state index in [9.17, 15) is 10.5 Å². The molecule has 2 heterocycles. The Hall–Kier alpha value is -3.25. The molecule has 8 heteroatoms. The number of hydrogen-bond donors (Lipinski definition) is 1. The number of aromatic nitrogens is 1. The number of thioether (sulfide) groups is 1. The zero-order valence-corrected chi connectivity index (χ0v) is 17.0. The zero-order valence-electron chi connectivity index (χ0n) is 16.2. The molecule has 7 nitrogen and oxygen atoms in total. The first-order valence-electron chi connectivity index (χ1n) is 9.63. The first-order valence-corrected chi connectivity index (χ1v) is 10.6. The molecule has 0 bridgehead atoms. The van der Waals surface area contributed by atoms with Gasteiger partial charge >= 0.3 is 0 Å². The number of ether oxygens (including phenoxy) is 2. The topological polar surface area (TPSA) is 129 Å². The molecule has 1 aromatic carbocycles. The highest BCUT2D eigenvalue weighted by atomic mass is 32.2. The summed E-state index contributed by atoms with van der Waals surface area (Å²) in [5, 5.41) is 28.9. The maximum absolute atomic E-state index is 9.84. The van der Waals surface area contributed by atoms with E-state index in [-0.39, 0.29) is 23.4 Å². The van der Waals surface area contributed by atoms with Crippen LogP contribution in [0.1, 0.15) is 24.0 Å². The van der Waals surface area contributed by atoms with Crippen molar-refractivity contribution in [1.82, 2.24) is 4.98 Å². The van der Waals surface area contributed by atoms with Crippen molar-refractivity contribution in [2.45, 2.75) is 24.0 Å². The van der Waals surface area contributed by atoms with Gasteiger partial charge in [0.05, 0.1) is 30.8 Å². The predicted molar refractivity (Wildman–Crippen MR) is 111 cm³/mol. The normalized spacial score (nSPS) is 20.2. The van der Waals surface area contributed by atoms with Gasteiger partial charge in [-0.05, 0) is 17.7 Å². The summed E-state index contributed by atoms with van der Waals surface area (Å²) >= 11 is 1.47. The van der Waals surface area contributed by atoms with Crippen LogP contribution in [0.15, 0.2) is 29.3 Å². The molecular formula is C22H19N5O2S. The fraction of sp³-hybridized carbons (Fsp3) is 0.364. The highest BCUT2D eigenvalue weighted by molar-refractivity contribution is 7.99. The number of rotatable bonds is 6. The lowest BCUT2D eigenvalue weighted by Gasteiger charge is -2.30. The van der Waals surface area contributed by atoms with E-state index in [2.05, 4.69) is 23.2 Å². The summed E-state index contributed by atoms with van der Waals surface area (Å²) in [5.41, 5.74) is 7.83. The minimum atomic E-state index is 0.0555. The van der Waals surface area contributed by atoms with E-state index in [0.717, 1.165) is 18.6 Å². The quantitative estimate of drug-likeness (QED) is 0.707. The van der Waals surface area contributed by atoms with Crippen molar-refractivity contribution >= 4 is 17.6 Å². The van der Waals surface area contributed by atoms with Crippen LogP contribution in [0.25, 0.3) is 11.1 Å². The van der Waals surface area contributed by atoms with Crippen LogP contribution < -0.4 is 10.5 Å². The first-order chi connectivity index (χ1) is 14.6. The molecule has 2 N–H and O–H groups in total. The molecule has 1 aliphatic carbocycles. The Morgan fingerprint density at radius 2 is 1.80 bits per heavy atom. The van der Waals surface area contributed by atoms with Gasteiger partial charge in [-0.2, -0.15) is 15.8 Å². The lowest BCUT2D eigenvalue weighted by Crippen LogP contribution is -2.32. The Labute approximate surface area is 179 Å². The molecule has 0 amide bonds. The molecule has 150 valence electrons. The van der Waals surface area contributed by atoms with Crippen molar-refractivity contribution in [3.8, 4) is 35.1 Å². The SMILES string of the molecule is N#Cc1c(N)nc(SCC2COC2)c(C#N)c1-c1ccc(OC2CC(C#N)C2)cc1. The third-order valence-electron chi connectivity index (χ3n) is 5.30. The Morgan fingerprint density at radius 3 is 2.37 bits per heavy atom. The molecule has 2 aliphatic rings. The number of anilines is 1. The molecule has 0 radical (unpaired) electrons. The lowest BCUT2D eigenvalue weighted by molar-refractivity contribution is -0.0196. The highest BCUT2D eigenvalue weighted by Crippen LogP contribution is 2.38. The molecule has 30 heavy (non-hydrogen) atoms. The minimum absolute atomic E-state index is 0.0555. The molecule has 0 unspecified atom stereocenters. The Morgan fingerprint density at radius 1 is 1.10 bits per heavy atom. The largest absolute Gasteiger partial charge is 0.490 e. The maximum Gasteiger partial charge on any atom is 0.143 e. The van der Waals surface area contributed by atoms with E-state index in [1.807, 2.05) is 24.3 Å². The van der Waals surface area contributed by atoms with Gasteiger partial charge in [0.25, 0.3) is 0 Å². The van der Waals surface area contributed by atoms with E-state index < -0.39 is 0 Å². The summed E-state index contributed by atoms with van der Waals surface area (Å²) in [6.07, 6.45) is 1.53. The summed E-state index contributed by atoms with van der Waals surface area (Å²) < 4.78 is 11.1. The van der Waals surface area contributed by atoms with Crippen LogP contribution in [-0.4, -0.2) is 30.1 Å². The summed E-state index contributed by atoms with van der Waals surface area (Å²) in [7, 11) is 0. The number of nitrogen functional groups attached to an aromatic ring is 1. The Bertz CT molecular complexity index is 1070. The van der Waals surface area contributed by atoms with Crippen LogP contribution in [0, 0.1) is 45.8 Å². The second kappa shape index (κ2) is 8.63. The van der Waals surface area contributed by atoms with Crippen molar-refractivity contribution in [2.75, 3.05) is 24.7 Å². The van der Waals surface area contributed by atoms with Crippen LogP contribution in [0.3, 0.4) is 0 Å². The lowest BCUT2D eigenvalue weighted by atomic mass is 9.83. The average molecular weight is 417 g/mol. The van der Waals surface area contributed by atoms with Crippen molar-refractivity contribution in [3.63, 3.8) is 0 Å². The summed E-state index contributed by atoms with van der Waals surface area (Å²) in [6.45, 7) is 1.43. The third-order valence-corrected chi connectivity index (χ3v) is 6.51. The zero-order chi connectivity index (χ0) is 21.1. The molecule has 2 fully saturated rings. The van der Waals surface area contributed by atoms with E-state index >= 15 is 0 Å². The van der Waals surface area contributed by atoms with Crippen molar-refractivity contribution in [2.24, 2.45) is 11.8 Å². The van der Waals surface area contributed by atoms with E-state index in [1.165, 1.54) is 11.8 Å². The van der Waals surface area contributed by atoms with E-state index in [4.69, 9.17) is 20.5 Å². The molecule has 2 aromatic rings. The van der Waals surface area contributed by atoms with Gasteiger partial charge in [0.1, 0.15) is 40.4 Å². The molecule has 1 saturated carbocycles. The fourth-order valence-electron chi connectivity index (χ4n) is 3.43. The van der Waals surface area contributed by atoms with Crippen molar-refractivity contribution < 1.29 is 9.47 Å². The Kier molecular flexibility index (Phi) is 5.77. The van der Waals surface area contributed by atoms with Gasteiger partial charge < -0.3 is 15.2 Å². The molecule has 4 rings (SSSR count). The standard InChI is InChI=1S/C22H19N5O2S/c23-7-13-5-17(6-13)29-16-3-1-15(2-4-16)20-18(8-24)21(26)27-22(19(20)9-25)30-12-14-10-28-11-14/h1-4,13-14,17H,5-6,10-12H2,(H2,26,27). The molecule has 1 saturated heterocycles. The van der Waals surface area contributed by atoms with Crippen LogP contribution in [0.4, 0.5) is 5.82 Å². The number of pyridine rings is 1. The van der Waals surface area contributed by atoms with Gasteiger partial charge in [-0.15, -0.1) is 11.8 Å². The highest BCUT2D eigenvalue weighted by Gasteiger charge is 2.30. The Balaban J connectivity index is 1.61. The van der Waals surface area contributed by atoms with Crippen molar-refractivity contribution in [1.29, 1.82) is 15.8 Å². The molecule has 0 spiro atoms. The van der Waals surface area contributed by atoms with Gasteiger partial charge in [0.2, 0.25) is 0 Å². The molecule has 0 atom stereocenters. The number of benzene rings is 1. The first kappa shape index (κ1) is 20.0. The fourth-order valence-corrected chi connectivity index (χ4v) is 4.47. The van der Waals surface area contributed by atoms with E-state index in [1.54, 1.807) is 0 Å². The average Bonchev–Trinajstić information content (AvgIpc) is 2.69. The number of nitriles is 3. The van der Waals surface area contributed by atoms with Crippen LogP contribution in [0.5, 0.6) is 5.75 Å². The van der Waals surface area contributed by atoms with Gasteiger partial charge in [0, 0.05) is 30.1 Å². The van der Waals surface area contributed by atoms with E-state index in [0.29, 0.717) is 46.6 Å². The summed E-state index contributed by atoms with van der Waals surface area (Å²) in [6, 6.07) is 13.8. The minimum Gasteiger partial charge on any atom is -0.490 e. The van der Waals surface area contributed by atoms with Gasteiger partial charge in [-0.25, -0.2) is 4.98 Å². The van der Waals surface area contributed by atoms with Crippen LogP contribution in [-0.2, 0) is 4.74 Å². The molecule has 1 aromatic heterocycles. The molecule has 1 aliphatic heterocycles. The number of nitrogens with zero attached hydrogens (tertiary/aromatic N) is 4. The monoisotopic (exact) mass is 417 g/mol. The third kappa shape index (κ3) is 3.91. The van der Waals surface area contributed by atoms with Crippen LogP contribution in [0.2, 0.25) is 0 Å². The predicted octanol–water partition coefficient (Wildman–Crippen LogP) is 3.49. The second-order valence-electron chi connectivity index (χ2n) is 7.43.